The summed E-state index contributed by atoms with van der Waals surface area (Å²) in [4.78, 5) is 16.6. The second-order valence-corrected chi connectivity index (χ2v) is 6.81. The fraction of sp³-hybridized carbons (Fsp3) is 0.250. The number of fused-ring (bicyclic) bond motifs is 1. The summed E-state index contributed by atoms with van der Waals surface area (Å²) in [5, 5.41) is 4.80. The molecule has 0 saturated carbocycles. The van der Waals surface area contributed by atoms with Crippen molar-refractivity contribution in [3.05, 3.63) is 48.0 Å². The molecule has 3 rings (SSSR count). The molecule has 0 bridgehead atoms. The van der Waals surface area contributed by atoms with Crippen molar-refractivity contribution in [1.29, 1.82) is 0 Å². The highest BCUT2D eigenvalue weighted by atomic mass is 32.2. The lowest BCUT2D eigenvalue weighted by Gasteiger charge is -2.09. The van der Waals surface area contributed by atoms with Crippen molar-refractivity contribution in [2.24, 2.45) is 12.1 Å². The third-order valence-electron chi connectivity index (χ3n) is 3.97. The number of hydrazone groups is 1. The topological polar surface area (TPSA) is 77.7 Å². The molecule has 0 spiro atoms. The van der Waals surface area contributed by atoms with Gasteiger partial charge in [-0.05, 0) is 42.8 Å². The third kappa shape index (κ3) is 4.64. The molecule has 146 valence electrons. The Morgan fingerprint density at radius 2 is 2.11 bits per heavy atom. The molecule has 3 aromatic rings. The van der Waals surface area contributed by atoms with Crippen LogP contribution in [0.3, 0.4) is 0 Å². The number of nitrogens with zero attached hydrogens (tertiary/aromatic N) is 3. The first-order valence-electron chi connectivity index (χ1n) is 8.79. The summed E-state index contributed by atoms with van der Waals surface area (Å²) in [7, 11) is 3.52. The molecule has 0 aliphatic carbocycles. The van der Waals surface area contributed by atoms with Gasteiger partial charge in [0, 0.05) is 7.05 Å². The highest BCUT2D eigenvalue weighted by Crippen LogP contribution is 2.27. The van der Waals surface area contributed by atoms with E-state index >= 15 is 0 Å². The molecular weight excluding hydrogens is 376 g/mol. The summed E-state index contributed by atoms with van der Waals surface area (Å²) in [6.45, 7) is 2.47. The maximum absolute atomic E-state index is 12.1. The monoisotopic (exact) mass is 398 g/mol. The summed E-state index contributed by atoms with van der Waals surface area (Å²) in [6.07, 6.45) is 1.57. The molecule has 0 fully saturated rings. The zero-order chi connectivity index (χ0) is 19.9. The molecule has 0 aliphatic heterocycles. The second kappa shape index (κ2) is 9.27. The van der Waals surface area contributed by atoms with E-state index in [0.717, 1.165) is 21.8 Å². The van der Waals surface area contributed by atoms with Gasteiger partial charge in [0.2, 0.25) is 0 Å². The number of benzene rings is 2. The predicted octanol–water partition coefficient (Wildman–Crippen LogP) is 3.22. The summed E-state index contributed by atoms with van der Waals surface area (Å²) in [5.74, 6) is 1.31. The van der Waals surface area contributed by atoms with Gasteiger partial charge in [0.25, 0.3) is 5.91 Å². The van der Waals surface area contributed by atoms with Gasteiger partial charge in [-0.25, -0.2) is 10.4 Å². The highest BCUT2D eigenvalue weighted by molar-refractivity contribution is 7.99. The number of para-hydroxylation sites is 2. The molecule has 0 aliphatic rings. The van der Waals surface area contributed by atoms with Crippen LogP contribution >= 0.6 is 11.8 Å². The number of nitrogens with one attached hydrogen (secondary N) is 1. The molecule has 8 heteroatoms. The van der Waals surface area contributed by atoms with Crippen LogP contribution in [0.15, 0.2) is 52.7 Å². The van der Waals surface area contributed by atoms with Gasteiger partial charge in [-0.2, -0.15) is 5.10 Å². The second-order valence-electron chi connectivity index (χ2n) is 5.87. The average Bonchev–Trinajstić information content (AvgIpc) is 3.03. The van der Waals surface area contributed by atoms with Crippen molar-refractivity contribution >= 4 is 34.9 Å². The van der Waals surface area contributed by atoms with E-state index in [-0.39, 0.29) is 11.7 Å². The normalized spacial score (nSPS) is 11.1. The minimum absolute atomic E-state index is 0.203. The molecule has 1 heterocycles. The number of rotatable bonds is 8. The van der Waals surface area contributed by atoms with Crippen molar-refractivity contribution in [3.8, 4) is 11.5 Å². The largest absolute Gasteiger partial charge is 0.493 e. The third-order valence-corrected chi connectivity index (χ3v) is 5.00. The summed E-state index contributed by atoms with van der Waals surface area (Å²) in [6, 6.07) is 13.3. The summed E-state index contributed by atoms with van der Waals surface area (Å²) in [5.41, 5.74) is 5.27. The number of carbonyl (C=O) groups excluding carboxylic acids is 1. The highest BCUT2D eigenvalue weighted by Gasteiger charge is 2.10. The number of hydrogen-bond acceptors (Lipinski definition) is 6. The molecular formula is C20H22N4O3S. The molecule has 1 aromatic heterocycles. The smallest absolute Gasteiger partial charge is 0.250 e. The predicted molar refractivity (Wildman–Crippen MR) is 111 cm³/mol. The van der Waals surface area contributed by atoms with Crippen LogP contribution in [0.4, 0.5) is 0 Å². The Morgan fingerprint density at radius 3 is 2.86 bits per heavy atom. The van der Waals surface area contributed by atoms with E-state index in [4.69, 9.17) is 9.47 Å². The first-order chi connectivity index (χ1) is 13.6. The van der Waals surface area contributed by atoms with Crippen LogP contribution in [-0.2, 0) is 11.8 Å². The Balaban J connectivity index is 1.55. The van der Waals surface area contributed by atoms with E-state index in [2.05, 4.69) is 15.5 Å². The minimum Gasteiger partial charge on any atom is -0.493 e. The van der Waals surface area contributed by atoms with Gasteiger partial charge in [0.1, 0.15) is 0 Å². The van der Waals surface area contributed by atoms with Gasteiger partial charge in [-0.3, -0.25) is 4.79 Å². The number of ether oxygens (including phenoxy) is 2. The van der Waals surface area contributed by atoms with Crippen LogP contribution < -0.4 is 14.9 Å². The SMILES string of the molecule is CCOc1ccc(/C=N/NC(=O)CSc2nc3ccccc3n2C)cc1OC. The Bertz CT molecular complexity index is 1000. The number of imidazole rings is 1. The lowest BCUT2D eigenvalue weighted by Crippen LogP contribution is -2.19. The number of aryl methyl sites for hydroxylation is 1. The van der Waals surface area contributed by atoms with Crippen LogP contribution in [0.5, 0.6) is 11.5 Å². The van der Waals surface area contributed by atoms with Crippen LogP contribution in [-0.4, -0.2) is 41.1 Å². The lowest BCUT2D eigenvalue weighted by molar-refractivity contribution is -0.118. The van der Waals surface area contributed by atoms with Gasteiger partial charge in [-0.1, -0.05) is 23.9 Å². The number of methoxy groups -OCH3 is 1. The molecule has 7 nitrogen and oxygen atoms in total. The summed E-state index contributed by atoms with van der Waals surface area (Å²) >= 11 is 1.37. The maximum Gasteiger partial charge on any atom is 0.250 e. The first-order valence-corrected chi connectivity index (χ1v) is 9.78. The van der Waals surface area contributed by atoms with Crippen molar-refractivity contribution in [2.75, 3.05) is 19.5 Å². The Kier molecular flexibility index (Phi) is 6.54. The van der Waals surface area contributed by atoms with E-state index in [1.807, 2.05) is 54.9 Å². The zero-order valence-corrected chi connectivity index (χ0v) is 16.8. The standard InChI is InChI=1S/C20H22N4O3S/c1-4-27-17-10-9-14(11-18(17)26-3)12-21-23-19(25)13-28-20-22-15-7-5-6-8-16(15)24(20)2/h5-12H,4,13H2,1-3H3,(H,23,25)/b21-12+. The molecule has 28 heavy (non-hydrogen) atoms. The number of hydrogen-bond donors (Lipinski definition) is 1. The molecule has 1 N–H and O–H groups in total. The molecule has 0 unspecified atom stereocenters. The minimum atomic E-state index is -0.203. The Hall–Kier alpha value is -3.00. The van der Waals surface area contributed by atoms with E-state index in [1.165, 1.54) is 11.8 Å². The molecule has 0 radical (unpaired) electrons. The molecule has 1 amide bonds. The van der Waals surface area contributed by atoms with Crippen molar-refractivity contribution in [1.82, 2.24) is 15.0 Å². The maximum atomic E-state index is 12.1. The van der Waals surface area contributed by atoms with E-state index in [9.17, 15) is 4.79 Å². The van der Waals surface area contributed by atoms with Gasteiger partial charge in [-0.15, -0.1) is 0 Å². The van der Waals surface area contributed by atoms with Gasteiger partial charge >= 0.3 is 0 Å². The number of carbonyl (C=O) groups is 1. The van der Waals surface area contributed by atoms with Crippen molar-refractivity contribution in [3.63, 3.8) is 0 Å². The average molecular weight is 398 g/mol. The first kappa shape index (κ1) is 19.8. The van der Waals surface area contributed by atoms with Crippen LogP contribution in [0.2, 0.25) is 0 Å². The van der Waals surface area contributed by atoms with Crippen molar-refractivity contribution in [2.45, 2.75) is 12.1 Å². The van der Waals surface area contributed by atoms with Crippen LogP contribution in [0.25, 0.3) is 11.0 Å². The van der Waals surface area contributed by atoms with Crippen LogP contribution in [0.1, 0.15) is 12.5 Å². The lowest BCUT2D eigenvalue weighted by atomic mass is 10.2. The summed E-state index contributed by atoms with van der Waals surface area (Å²) < 4.78 is 12.8. The molecule has 0 saturated heterocycles. The van der Waals surface area contributed by atoms with Gasteiger partial charge < -0.3 is 14.0 Å². The number of amides is 1. The van der Waals surface area contributed by atoms with E-state index < -0.39 is 0 Å². The van der Waals surface area contributed by atoms with E-state index in [1.54, 1.807) is 19.4 Å². The zero-order valence-electron chi connectivity index (χ0n) is 16.0. The molecule has 2 aromatic carbocycles. The quantitative estimate of drug-likeness (QED) is 0.358. The Morgan fingerprint density at radius 1 is 1.29 bits per heavy atom. The number of aromatic nitrogens is 2. The fourth-order valence-electron chi connectivity index (χ4n) is 2.63. The van der Waals surface area contributed by atoms with Gasteiger partial charge in [0.15, 0.2) is 16.7 Å². The van der Waals surface area contributed by atoms with Gasteiger partial charge in [0.05, 0.1) is 36.7 Å². The van der Waals surface area contributed by atoms with Crippen LogP contribution in [0, 0.1) is 0 Å². The fourth-order valence-corrected chi connectivity index (χ4v) is 3.41. The Labute approximate surface area is 167 Å². The van der Waals surface area contributed by atoms with Crippen molar-refractivity contribution < 1.29 is 14.3 Å². The van der Waals surface area contributed by atoms with E-state index in [0.29, 0.717) is 18.1 Å². The number of thioether (sulfide) groups is 1. The molecule has 0 atom stereocenters.